The lowest BCUT2D eigenvalue weighted by Gasteiger charge is -2.18. The van der Waals surface area contributed by atoms with Crippen LogP contribution < -0.4 is 18.9 Å². The minimum Gasteiger partial charge on any atom is -0.494 e. The van der Waals surface area contributed by atoms with E-state index >= 15 is 0 Å². The molecule has 104 heavy (non-hydrogen) atoms. The van der Waals surface area contributed by atoms with Crippen LogP contribution in [0.15, 0.2) is 158 Å². The van der Waals surface area contributed by atoms with E-state index in [2.05, 4.69) is 272 Å². The predicted octanol–water partition coefficient (Wildman–Crippen LogP) is 23.0. The molecule has 6 aromatic heterocycles. The maximum atomic E-state index is 6.28. The smallest absolute Gasteiger partial charge is 0.119 e. The summed E-state index contributed by atoms with van der Waals surface area (Å²) in [6.07, 6.45) is 20.3. The molecule has 10 aromatic rings. The molecule has 12 nitrogen and oxygen atoms in total. The van der Waals surface area contributed by atoms with Crippen LogP contribution in [0.4, 0.5) is 0 Å². The van der Waals surface area contributed by atoms with Crippen LogP contribution in [0.2, 0.25) is 0 Å². The van der Waals surface area contributed by atoms with E-state index in [0.29, 0.717) is 48.9 Å². The number of hydrogen-bond donors (Lipinski definition) is 4. The second-order valence-electron chi connectivity index (χ2n) is 31.9. The maximum Gasteiger partial charge on any atom is 0.119 e. The molecule has 4 N–H and O–H groups in total. The molecule has 0 radical (unpaired) electrons. The summed E-state index contributed by atoms with van der Waals surface area (Å²) >= 11 is 0. The molecule has 0 atom stereocenters. The van der Waals surface area contributed by atoms with Crippen molar-refractivity contribution < 1.29 is 18.9 Å². The lowest BCUT2D eigenvalue weighted by Crippen LogP contribution is -2.11. The van der Waals surface area contributed by atoms with E-state index < -0.39 is 0 Å². The van der Waals surface area contributed by atoms with E-state index in [1.165, 1.54) is 0 Å². The molecule has 16 bridgehead atoms. The van der Waals surface area contributed by atoms with Crippen molar-refractivity contribution in [1.82, 2.24) is 39.9 Å². The van der Waals surface area contributed by atoms with Crippen molar-refractivity contribution in [3.05, 3.63) is 214 Å². The number of aromatic amines is 4. The zero-order chi connectivity index (χ0) is 72.3. The van der Waals surface area contributed by atoms with E-state index in [4.69, 9.17) is 38.9 Å². The Morgan fingerprint density at radius 3 is 0.846 bits per heavy atom. The Morgan fingerprint density at radius 1 is 0.279 bits per heavy atom. The van der Waals surface area contributed by atoms with E-state index in [1.807, 2.05) is 60.7 Å². The molecule has 14 rings (SSSR count). The number of aromatic nitrogens is 8. The fraction of sp³-hybridized carbons (Fsp3) is 0.261. The Hall–Kier alpha value is -11.6. The van der Waals surface area contributed by atoms with Crippen LogP contribution in [0.25, 0.3) is 137 Å². The normalized spacial score (nSPS) is 12.6. The average molecular weight is 1370 g/mol. The van der Waals surface area contributed by atoms with Gasteiger partial charge >= 0.3 is 0 Å². The van der Waals surface area contributed by atoms with Crippen molar-refractivity contribution >= 4 is 92.7 Å². The maximum absolute atomic E-state index is 6.28. The summed E-state index contributed by atoms with van der Waals surface area (Å²) in [5.74, 6) is 17.1. The molecule has 4 aliphatic rings. The highest BCUT2D eigenvalue weighted by atomic mass is 16.5. The van der Waals surface area contributed by atoms with E-state index in [9.17, 15) is 0 Å². The van der Waals surface area contributed by atoms with Crippen LogP contribution in [-0.2, 0) is 0 Å². The Morgan fingerprint density at radius 2 is 0.538 bits per heavy atom. The molecule has 4 aromatic carbocycles. The summed E-state index contributed by atoms with van der Waals surface area (Å²) in [6, 6.07) is 54.1. The van der Waals surface area contributed by atoms with Gasteiger partial charge in [-0.15, -0.1) is 0 Å². The highest BCUT2D eigenvalue weighted by molar-refractivity contribution is 5.97. The van der Waals surface area contributed by atoms with E-state index in [1.54, 1.807) is 0 Å². The van der Waals surface area contributed by atoms with Gasteiger partial charge in [-0.1, -0.05) is 132 Å². The first-order valence-corrected chi connectivity index (χ1v) is 36.1. The van der Waals surface area contributed by atoms with Gasteiger partial charge in [0.25, 0.3) is 0 Å². The van der Waals surface area contributed by atoms with Crippen molar-refractivity contribution in [2.24, 2.45) is 21.7 Å². The molecule has 0 aliphatic carbocycles. The fourth-order valence-electron chi connectivity index (χ4n) is 12.7. The van der Waals surface area contributed by atoms with E-state index in [0.717, 1.165) is 171 Å². The Kier molecular flexibility index (Phi) is 19.4. The number of nitrogens with one attached hydrogen (secondary N) is 4. The van der Waals surface area contributed by atoms with Gasteiger partial charge in [-0.2, -0.15) is 0 Å². The number of fused-ring (bicyclic) bond motifs is 16. The summed E-state index contributed by atoms with van der Waals surface area (Å²) < 4.78 is 25.1. The van der Waals surface area contributed by atoms with Gasteiger partial charge in [0.1, 0.15) is 23.0 Å². The van der Waals surface area contributed by atoms with Gasteiger partial charge in [-0.05, 0) is 251 Å². The monoisotopic (exact) mass is 1370 g/mol. The third kappa shape index (κ3) is 16.8. The van der Waals surface area contributed by atoms with Crippen LogP contribution in [0, 0.1) is 45.3 Å². The number of ether oxygens (including phenoxy) is 4. The lowest BCUT2D eigenvalue weighted by atomic mass is 9.93. The summed E-state index contributed by atoms with van der Waals surface area (Å²) in [7, 11) is 0. The van der Waals surface area contributed by atoms with E-state index in [-0.39, 0.29) is 21.7 Å². The minimum atomic E-state index is 0.151. The Bertz CT molecular complexity index is 5060. The minimum absolute atomic E-state index is 0.151. The molecule has 522 valence electrons. The zero-order valence-electron chi connectivity index (χ0n) is 61.7. The third-order valence-corrected chi connectivity index (χ3v) is 18.6. The number of rotatable bonds is 16. The molecule has 12 heteroatoms. The van der Waals surface area contributed by atoms with Gasteiger partial charge in [-0.3, -0.25) is 0 Å². The van der Waals surface area contributed by atoms with Gasteiger partial charge in [0.2, 0.25) is 0 Å². The molecule has 0 spiro atoms. The fourth-order valence-corrected chi connectivity index (χ4v) is 12.7. The van der Waals surface area contributed by atoms with Crippen molar-refractivity contribution in [2.75, 3.05) is 26.4 Å². The number of nitrogens with zero attached hydrogens (tertiary/aromatic N) is 4. The standard InChI is InChI=1S/C92H90N8O4/c1-89(2,3)49-53-101-67-29-17-59(18-30-67)85-77-37-25-63(93-77)57-64-26-38-78(94-64)86(60-19-31-68(32-20-60)102-54-50-90(4,5)6)82-46-42-74(98-82)71(73-41-45-81(85)97-73)15-13-14-16-72-75-43-47-83(99-75)87(61-21-33-69(34-22-61)103-55-51-91(7,8)9)79-39-27-65(95-79)58-66-28-40-80(96-66)88(84-48-44-76(72)100-84)62-23-35-70(36-24-62)104-56-52-92(10,11)12/h17-48,57-58,93,95,98,100H,49-56H2,1-12H3. The molecule has 0 amide bonds. The second kappa shape index (κ2) is 29.0. The Labute approximate surface area is 610 Å². The first-order valence-electron chi connectivity index (χ1n) is 36.1. The highest BCUT2D eigenvalue weighted by Crippen LogP contribution is 2.39. The van der Waals surface area contributed by atoms with Gasteiger partial charge in [-0.25, -0.2) is 19.9 Å². The molecule has 0 saturated heterocycles. The largest absolute Gasteiger partial charge is 0.494 e. The highest BCUT2D eigenvalue weighted by Gasteiger charge is 2.21. The molecule has 0 saturated carbocycles. The quantitative estimate of drug-likeness (QED) is 0.0698. The average Bonchev–Trinajstić information content (AvgIpc) is 1.64. The van der Waals surface area contributed by atoms with Gasteiger partial charge in [0.05, 0.1) is 94.1 Å². The van der Waals surface area contributed by atoms with Gasteiger partial charge < -0.3 is 38.9 Å². The lowest BCUT2D eigenvalue weighted by molar-refractivity contribution is 0.242. The van der Waals surface area contributed by atoms with Crippen molar-refractivity contribution in [3.8, 4) is 91.2 Å². The molecule has 10 heterocycles. The van der Waals surface area contributed by atoms with Gasteiger partial charge in [0.15, 0.2) is 0 Å². The summed E-state index contributed by atoms with van der Waals surface area (Å²) in [5, 5.41) is 0. The summed E-state index contributed by atoms with van der Waals surface area (Å²) in [6.45, 7) is 29.3. The van der Waals surface area contributed by atoms with Crippen LogP contribution in [0.1, 0.15) is 165 Å². The molecular formula is C92H90N8O4. The molecule has 0 fully saturated rings. The number of H-pyrrole nitrogens is 4. The number of hydrogen-bond acceptors (Lipinski definition) is 8. The first-order chi connectivity index (χ1) is 49.9. The van der Waals surface area contributed by atoms with Crippen LogP contribution in [0.5, 0.6) is 23.0 Å². The van der Waals surface area contributed by atoms with Crippen molar-refractivity contribution in [2.45, 2.75) is 109 Å². The van der Waals surface area contributed by atoms with Crippen molar-refractivity contribution in [3.63, 3.8) is 0 Å². The Balaban J connectivity index is 0.956. The second-order valence-corrected chi connectivity index (χ2v) is 31.9. The molecular weight excluding hydrogens is 1280 g/mol. The predicted molar refractivity (Wildman–Crippen MR) is 431 cm³/mol. The van der Waals surface area contributed by atoms with Crippen LogP contribution in [-0.4, -0.2) is 66.3 Å². The summed E-state index contributed by atoms with van der Waals surface area (Å²) in [5.41, 5.74) is 22.4. The molecule has 4 aliphatic heterocycles. The van der Waals surface area contributed by atoms with Crippen LogP contribution >= 0.6 is 0 Å². The number of benzene rings is 4. The SMILES string of the molecule is CC(C)(C)CCOc1ccc(-c2c3nc(c(C#CC#Cc4c5nc(c(-c6ccc(OCCC(C)(C)C)cc6)c6ccc(cc7nc(c(-c8ccc(OCCC(C)(C)C)cc8)c8ccc4[nH]8)C=C7)[nH]6)C=C5)c4ccc([nH]4)c(-c4ccc(OCCC(C)(C)C)cc4)c4nc(cc5ccc2[nH]5)C=C4)C=C3)cc1. The molecule has 0 unspecified atom stereocenters. The third-order valence-electron chi connectivity index (χ3n) is 18.6. The zero-order valence-corrected chi connectivity index (χ0v) is 61.7. The topological polar surface area (TPSA) is 152 Å². The van der Waals surface area contributed by atoms with Crippen molar-refractivity contribution in [1.29, 1.82) is 0 Å². The van der Waals surface area contributed by atoms with Gasteiger partial charge in [0, 0.05) is 55.4 Å². The first kappa shape index (κ1) is 69.5. The summed E-state index contributed by atoms with van der Waals surface area (Å²) in [4.78, 5) is 36.7. The van der Waals surface area contributed by atoms with Crippen LogP contribution in [0.3, 0.4) is 0 Å².